The summed E-state index contributed by atoms with van der Waals surface area (Å²) in [5, 5.41) is 27.7. The largest absolute Gasteiger partial charge is 0.504 e. The van der Waals surface area contributed by atoms with Gasteiger partial charge in [0.15, 0.2) is 11.5 Å². The third-order valence-electron chi connectivity index (χ3n) is 11.5. The summed E-state index contributed by atoms with van der Waals surface area (Å²) in [4.78, 5) is 28.8. The molecule has 3 aromatic carbocycles. The Labute approximate surface area is 290 Å². The fourth-order valence-electron chi connectivity index (χ4n) is 9.06. The van der Waals surface area contributed by atoms with Crippen LogP contribution in [0.5, 0.6) is 11.5 Å². The highest BCUT2D eigenvalue weighted by Gasteiger charge is 2.73. The molecule has 3 N–H and O–H groups in total. The zero-order valence-electron chi connectivity index (χ0n) is 26.7. The molecule has 3 aromatic rings. The summed E-state index contributed by atoms with van der Waals surface area (Å²) < 4.78 is 12.6. The number of phenols is 1. The molecule has 2 heterocycles. The van der Waals surface area contributed by atoms with Crippen molar-refractivity contribution in [3.63, 3.8) is 0 Å². The molecule has 5 atom stereocenters. The van der Waals surface area contributed by atoms with Crippen molar-refractivity contribution in [1.82, 2.24) is 4.90 Å². The second-order valence-electron chi connectivity index (χ2n) is 14.3. The lowest BCUT2D eigenvalue weighted by Crippen LogP contribution is -2.77. The number of esters is 1. The number of nitrogens with one attached hydrogen (secondary N) is 1. The van der Waals surface area contributed by atoms with Crippen LogP contribution in [0.25, 0.3) is 0 Å². The van der Waals surface area contributed by atoms with E-state index in [0.717, 1.165) is 41.9 Å². The van der Waals surface area contributed by atoms with E-state index < -0.39 is 23.2 Å². The van der Waals surface area contributed by atoms with Gasteiger partial charge in [0.2, 0.25) is 0 Å². The number of ketones is 1. The van der Waals surface area contributed by atoms with E-state index in [2.05, 4.69) is 10.2 Å². The number of halogens is 2. The predicted molar refractivity (Wildman–Crippen MR) is 183 cm³/mol. The number of hydrogen-bond acceptors (Lipinski definition) is 8. The summed E-state index contributed by atoms with van der Waals surface area (Å²) in [6, 6.07) is 16.4. The molecule has 0 aromatic heterocycles. The van der Waals surface area contributed by atoms with E-state index in [1.165, 1.54) is 12.8 Å². The molecule has 1 saturated heterocycles. The molecule has 10 heteroatoms. The van der Waals surface area contributed by atoms with Crippen molar-refractivity contribution in [1.29, 1.82) is 0 Å². The quantitative estimate of drug-likeness (QED) is 0.187. The van der Waals surface area contributed by atoms with E-state index in [1.54, 1.807) is 24.3 Å². The van der Waals surface area contributed by atoms with E-state index in [1.807, 2.05) is 30.3 Å². The Morgan fingerprint density at radius 1 is 1.00 bits per heavy atom. The van der Waals surface area contributed by atoms with Crippen LogP contribution in [0.15, 0.2) is 54.6 Å². The van der Waals surface area contributed by atoms with Gasteiger partial charge in [-0.15, -0.1) is 0 Å². The van der Waals surface area contributed by atoms with E-state index in [4.69, 9.17) is 32.7 Å². The Morgan fingerprint density at radius 3 is 2.58 bits per heavy atom. The lowest BCUT2D eigenvalue weighted by molar-refractivity contribution is -0.216. The van der Waals surface area contributed by atoms with Crippen molar-refractivity contribution in [2.24, 2.45) is 5.92 Å². The van der Waals surface area contributed by atoms with Gasteiger partial charge in [-0.25, -0.2) is 0 Å². The van der Waals surface area contributed by atoms with Crippen LogP contribution in [0.3, 0.4) is 0 Å². The average molecular weight is 692 g/mol. The van der Waals surface area contributed by atoms with Crippen LogP contribution >= 0.6 is 23.2 Å². The zero-order chi connectivity index (χ0) is 33.2. The highest BCUT2D eigenvalue weighted by molar-refractivity contribution is 6.39. The molecule has 3 fully saturated rings. The highest BCUT2D eigenvalue weighted by Crippen LogP contribution is 2.66. The number of nitrogens with zero attached hydrogens (tertiary/aromatic N) is 1. The Morgan fingerprint density at radius 2 is 1.79 bits per heavy atom. The minimum Gasteiger partial charge on any atom is -0.504 e. The second-order valence-corrected chi connectivity index (χ2v) is 15.1. The zero-order valence-corrected chi connectivity index (χ0v) is 28.2. The molecule has 48 heavy (non-hydrogen) atoms. The molecule has 8 rings (SSSR count). The van der Waals surface area contributed by atoms with Crippen molar-refractivity contribution < 1.29 is 29.3 Å². The molecular formula is C38H40Cl2N2O6. The van der Waals surface area contributed by atoms with E-state index in [-0.39, 0.29) is 42.8 Å². The third kappa shape index (κ3) is 5.27. The van der Waals surface area contributed by atoms with Gasteiger partial charge in [0.25, 0.3) is 0 Å². The number of aliphatic hydroxyl groups is 1. The summed E-state index contributed by atoms with van der Waals surface area (Å²) >= 11 is 12.7. The van der Waals surface area contributed by atoms with E-state index in [9.17, 15) is 19.8 Å². The van der Waals surface area contributed by atoms with Crippen molar-refractivity contribution in [3.8, 4) is 11.5 Å². The standard InChI is InChI=1S/C38H40Cl2N2O6/c39-26-7-4-8-27(40)34(26)41-28-9-2-1-5-23(28)19-25(43)6-3-10-32(45)47-30-15-16-38(46)31-20-24-13-14-29(44)35-33(24)37(38,36(30)48-35)17-18-42(31)21-22-11-12-22/h1-2,4-5,7-9,13-14,22,30-31,36,41,44,46H,3,6,10-12,15-21H2/t30-,31-,36?,37+,38-/m1/s1. The number of aromatic hydroxyl groups is 1. The molecule has 5 aliphatic rings. The van der Waals surface area contributed by atoms with Crippen molar-refractivity contribution in [3.05, 3.63) is 81.3 Å². The SMILES string of the molecule is O=C(CCCC(=O)O[C@@H]1CC[C@@]2(O)[C@H]3Cc4ccc(O)c5c4[C@@]2(CCN3CC2CC2)C1O5)Cc1ccccc1Nc1c(Cl)cccc1Cl. The van der Waals surface area contributed by atoms with Crippen LogP contribution in [0.1, 0.15) is 68.1 Å². The number of para-hydroxylation sites is 2. The minimum atomic E-state index is -1.03. The molecule has 2 saturated carbocycles. The summed E-state index contributed by atoms with van der Waals surface area (Å²) in [7, 11) is 0. The van der Waals surface area contributed by atoms with Gasteiger partial charge in [0, 0.05) is 43.1 Å². The van der Waals surface area contributed by atoms with Crippen LogP contribution in [0.4, 0.5) is 11.4 Å². The van der Waals surface area contributed by atoms with Gasteiger partial charge in [-0.3, -0.25) is 14.5 Å². The summed E-state index contributed by atoms with van der Waals surface area (Å²) in [6.07, 6.45) is 4.62. The first-order chi connectivity index (χ1) is 23.2. The first kappa shape index (κ1) is 31.9. The van der Waals surface area contributed by atoms with Gasteiger partial charge in [0.1, 0.15) is 18.0 Å². The van der Waals surface area contributed by atoms with Gasteiger partial charge < -0.3 is 25.0 Å². The predicted octanol–water partition coefficient (Wildman–Crippen LogP) is 6.90. The number of anilines is 2. The Hall–Kier alpha value is -3.30. The number of likely N-dealkylation sites (tertiary alicyclic amines) is 1. The normalized spacial score (nSPS) is 28.4. The van der Waals surface area contributed by atoms with Crippen molar-refractivity contribution in [2.45, 2.75) is 93.5 Å². The minimum absolute atomic E-state index is 0.00714. The van der Waals surface area contributed by atoms with Gasteiger partial charge in [-0.2, -0.15) is 0 Å². The van der Waals surface area contributed by atoms with Crippen LogP contribution in [0.2, 0.25) is 10.0 Å². The monoisotopic (exact) mass is 690 g/mol. The average Bonchev–Trinajstić information content (AvgIpc) is 3.80. The van der Waals surface area contributed by atoms with Gasteiger partial charge in [0.05, 0.1) is 26.7 Å². The maximum absolute atomic E-state index is 13.2. The molecule has 2 bridgehead atoms. The van der Waals surface area contributed by atoms with Crippen LogP contribution in [0, 0.1) is 5.92 Å². The summed E-state index contributed by atoms with van der Waals surface area (Å²) in [6.45, 7) is 1.84. The number of benzene rings is 3. The maximum Gasteiger partial charge on any atom is 0.306 e. The van der Waals surface area contributed by atoms with Gasteiger partial charge in [-0.05, 0) is 92.8 Å². The lowest BCUT2D eigenvalue weighted by atomic mass is 9.48. The van der Waals surface area contributed by atoms with Crippen molar-refractivity contribution >= 4 is 46.3 Å². The Kier molecular flexibility index (Phi) is 8.14. The molecule has 1 spiro atoms. The number of phenolic OH excluding ortho intramolecular Hbond substituents is 1. The molecule has 0 radical (unpaired) electrons. The fraction of sp³-hybridized carbons (Fsp3) is 0.474. The van der Waals surface area contributed by atoms with Crippen LogP contribution in [-0.4, -0.2) is 63.8 Å². The second kappa shape index (κ2) is 12.2. The molecular weight excluding hydrogens is 651 g/mol. The number of Topliss-reactive ketones (excluding diaryl/α,β-unsaturated/α-hetero) is 1. The van der Waals surface area contributed by atoms with Crippen molar-refractivity contribution in [2.75, 3.05) is 18.4 Å². The number of piperidine rings is 1. The molecule has 0 amide bonds. The number of hydrogen-bond donors (Lipinski definition) is 3. The van der Waals surface area contributed by atoms with E-state index in [0.29, 0.717) is 53.1 Å². The highest BCUT2D eigenvalue weighted by atomic mass is 35.5. The summed E-state index contributed by atoms with van der Waals surface area (Å²) in [5.74, 6) is 0.831. The number of ether oxygens (including phenoxy) is 2. The molecule has 252 valence electrons. The van der Waals surface area contributed by atoms with Crippen LogP contribution < -0.4 is 10.1 Å². The molecule has 8 nitrogen and oxygen atoms in total. The lowest BCUT2D eigenvalue weighted by Gasteiger charge is -2.64. The first-order valence-corrected chi connectivity index (χ1v) is 17.9. The number of carbonyl (C=O) groups excluding carboxylic acids is 2. The first-order valence-electron chi connectivity index (χ1n) is 17.2. The number of rotatable bonds is 11. The van der Waals surface area contributed by atoms with E-state index >= 15 is 0 Å². The topological polar surface area (TPSA) is 108 Å². The summed E-state index contributed by atoms with van der Waals surface area (Å²) in [5.41, 5.74) is 2.38. The van der Waals surface area contributed by atoms with Gasteiger partial charge in [-0.1, -0.05) is 53.5 Å². The molecule has 3 aliphatic carbocycles. The molecule has 2 aliphatic heterocycles. The fourth-order valence-corrected chi connectivity index (χ4v) is 9.56. The Bertz CT molecular complexity index is 1760. The number of carbonyl (C=O) groups is 2. The van der Waals surface area contributed by atoms with Gasteiger partial charge >= 0.3 is 5.97 Å². The Balaban J connectivity index is 0.921. The maximum atomic E-state index is 13.2. The molecule has 1 unspecified atom stereocenters. The van der Waals surface area contributed by atoms with Crippen LogP contribution in [-0.2, 0) is 32.6 Å². The smallest absolute Gasteiger partial charge is 0.306 e. The third-order valence-corrected chi connectivity index (χ3v) is 12.1.